The number of rotatable bonds is 6. The van der Waals surface area contributed by atoms with E-state index >= 15 is 0 Å². The van der Waals surface area contributed by atoms with Gasteiger partial charge in [0.2, 0.25) is 0 Å². The van der Waals surface area contributed by atoms with Gasteiger partial charge in [-0.15, -0.1) is 0 Å². The van der Waals surface area contributed by atoms with Gasteiger partial charge < -0.3 is 98.7 Å². The van der Waals surface area contributed by atoms with E-state index in [2.05, 4.69) is 12.3 Å². The molecule has 0 bridgehead atoms. The van der Waals surface area contributed by atoms with Crippen molar-refractivity contribution < 1.29 is 118 Å². The van der Waals surface area contributed by atoms with Crippen molar-refractivity contribution in [2.75, 3.05) is 0 Å². The van der Waals surface area contributed by atoms with Gasteiger partial charge in [-0.1, -0.05) is 0 Å². The van der Waals surface area contributed by atoms with E-state index in [-0.39, 0.29) is 18.9 Å². The molecule has 0 unspecified atom stereocenters. The van der Waals surface area contributed by atoms with Crippen LogP contribution in [0.15, 0.2) is 0 Å². The van der Waals surface area contributed by atoms with Crippen molar-refractivity contribution in [2.45, 2.75) is 0 Å². The van der Waals surface area contributed by atoms with Gasteiger partial charge in [0.25, 0.3) is 0 Å². The van der Waals surface area contributed by atoms with Crippen LogP contribution in [0.3, 0.4) is 0 Å². The molecule has 28 heteroatoms. The van der Waals surface area contributed by atoms with Crippen LogP contribution in [-0.2, 0) is 12.3 Å². The molecule has 0 aromatic carbocycles. The molecule has 21 nitrogen and oxygen atoms in total. The Bertz CT molecular complexity index is 284. The van der Waals surface area contributed by atoms with Crippen molar-refractivity contribution >= 4 is 54.3 Å². The van der Waals surface area contributed by atoms with E-state index in [1.54, 1.807) is 0 Å². The molecule has 0 aliphatic carbocycles. The van der Waals surface area contributed by atoms with Crippen molar-refractivity contribution in [3.8, 4) is 0 Å². The summed E-state index contributed by atoms with van der Waals surface area (Å²) in [5, 5.41) is 0. The minimum atomic E-state index is -5.23. The zero-order valence-electron chi connectivity index (χ0n) is 13.2. The second-order valence-corrected chi connectivity index (χ2v) is 13.0. The second-order valence-electron chi connectivity index (χ2n) is 3.72. The molecule has 0 aromatic rings. The van der Waals surface area contributed by atoms with Gasteiger partial charge in [0, 0.05) is 0 Å². The van der Waals surface area contributed by atoms with Gasteiger partial charge in [0.1, 0.15) is 0 Å². The van der Waals surface area contributed by atoms with Crippen LogP contribution < -0.4 is 23.7 Å². The summed E-state index contributed by atoms with van der Waals surface area (Å²) in [4.78, 5) is 144. The first-order chi connectivity index (χ1) is 11.1. The van der Waals surface area contributed by atoms with Gasteiger partial charge in [-0.25, -0.2) is 0 Å². The molecule has 0 spiro atoms. The molecule has 28 heavy (non-hydrogen) atoms. The molecule has 0 aliphatic rings. The molecule has 0 fully saturated rings. The first kappa shape index (κ1) is 36.4. The monoisotopic (exact) mass is 528 g/mol. The van der Waals surface area contributed by atoms with Gasteiger partial charge in [0.15, 0.2) is 0 Å². The van der Waals surface area contributed by atoms with Crippen LogP contribution in [0.1, 0.15) is 0 Å². The van der Waals surface area contributed by atoms with E-state index in [0.717, 1.165) is 0 Å². The van der Waals surface area contributed by atoms with Gasteiger partial charge in [-0.3, -0.25) is 0 Å². The van der Waals surface area contributed by atoms with Gasteiger partial charge in [-0.2, -0.15) is 0 Å². The van der Waals surface area contributed by atoms with Crippen LogP contribution in [0.5, 0.6) is 0 Å². The smallest absolute Gasteiger partial charge is 0.794 e. The predicted octanol–water partition coefficient (Wildman–Crippen LogP) is -16.1. The molecule has 0 atom stereocenters. The average Bonchev–Trinajstić information content (AvgIpc) is 1.96. The fourth-order valence-corrected chi connectivity index (χ4v) is 4.91. The molecule has 0 aromatic heterocycles. The maximum atomic E-state index is 9.70. The molecule has 0 aliphatic heterocycles. The Morgan fingerprint density at radius 3 is 0.500 bits per heavy atom. The van der Waals surface area contributed by atoms with Crippen molar-refractivity contribution in [1.82, 2.24) is 0 Å². The summed E-state index contributed by atoms with van der Waals surface area (Å²) >= 11 is 0. The molecule has 168 valence electrons. The predicted molar refractivity (Wildman–Crippen MR) is 75.5 cm³/mol. The molecular weight excluding hydrogens is 511 g/mol. The molecule has 17 N–H and O–H groups in total. The molecule has 0 amide bonds. The quantitative estimate of drug-likeness (QED) is 0.142. The number of hydrogen-bond donors (Lipinski definition) is 17. The van der Waals surface area contributed by atoms with Crippen molar-refractivity contribution in [2.24, 2.45) is 0 Å². The summed E-state index contributed by atoms with van der Waals surface area (Å²) in [5.74, 6) is 0. The Balaban J connectivity index is -0.000000152. The van der Waals surface area contributed by atoms with Crippen molar-refractivity contribution in [3.05, 3.63) is 0 Å². The maximum Gasteiger partial charge on any atom is 1.00 e. The summed E-state index contributed by atoms with van der Waals surface area (Å²) in [6.45, 7) is 0. The zero-order valence-corrected chi connectivity index (χ0v) is 19.2. The minimum absolute atomic E-state index is 0. The fourth-order valence-electron chi connectivity index (χ4n) is 0.546. The first-order valence-electron chi connectivity index (χ1n) is 5.23. The summed E-state index contributed by atoms with van der Waals surface area (Å²) in [7, 11) is -30.2. The van der Waals surface area contributed by atoms with Crippen LogP contribution in [-0.4, -0.2) is 136 Å². The standard InChI is InChI=1S/Li.2H6O7Si2.H5O7Si2/c;3*1-8(2,3)7-9(4,5)6/h;2*1-6H;1-5H/q+1;;;-1. The van der Waals surface area contributed by atoms with Crippen molar-refractivity contribution in [3.63, 3.8) is 0 Å². The first-order valence-corrected chi connectivity index (χ1v) is 15.7. The Labute approximate surface area is 172 Å². The van der Waals surface area contributed by atoms with Crippen LogP contribution in [0.4, 0.5) is 0 Å². The molecule has 0 heterocycles. The molecular formula is H17LiO21Si6. The molecule has 0 rings (SSSR count). The molecule has 0 radical (unpaired) electrons. The van der Waals surface area contributed by atoms with E-state index in [4.69, 9.17) is 81.5 Å². The minimum Gasteiger partial charge on any atom is -0.794 e. The number of hydrogen-bond acceptors (Lipinski definition) is 21. The summed E-state index contributed by atoms with van der Waals surface area (Å²) in [6, 6.07) is 0. The normalized spacial score (nSPS) is 13.5. The topological polar surface area (TPSA) is 395 Å². The van der Waals surface area contributed by atoms with Crippen LogP contribution >= 0.6 is 0 Å². The zero-order chi connectivity index (χ0) is 23.1. The van der Waals surface area contributed by atoms with Crippen molar-refractivity contribution in [1.29, 1.82) is 0 Å². The van der Waals surface area contributed by atoms with E-state index < -0.39 is 54.3 Å². The Morgan fingerprint density at radius 1 is 0.357 bits per heavy atom. The van der Waals surface area contributed by atoms with E-state index in [1.165, 1.54) is 0 Å². The van der Waals surface area contributed by atoms with E-state index in [1.807, 2.05) is 0 Å². The summed E-state index contributed by atoms with van der Waals surface area (Å²) in [5.41, 5.74) is 0. The Kier molecular flexibility index (Phi) is 16.7. The van der Waals surface area contributed by atoms with Crippen LogP contribution in [0.25, 0.3) is 0 Å². The summed E-state index contributed by atoms with van der Waals surface area (Å²) in [6.07, 6.45) is 0. The summed E-state index contributed by atoms with van der Waals surface area (Å²) < 4.78 is 9.60. The van der Waals surface area contributed by atoms with E-state index in [0.29, 0.717) is 0 Å². The molecule has 0 saturated heterocycles. The SMILES string of the molecule is O[Si](O)(O)O[Si](O)(O)O.O[Si](O)(O)O[Si](O)(O)O.[Li+].[O-][Si](O)(O)O[Si](O)(O)O. The average molecular weight is 529 g/mol. The second kappa shape index (κ2) is 12.8. The Hall–Kier alpha value is 1.06. The third-order valence-electron chi connectivity index (χ3n) is 0.818. The Morgan fingerprint density at radius 2 is 0.500 bits per heavy atom. The van der Waals surface area contributed by atoms with Crippen LogP contribution in [0.2, 0.25) is 0 Å². The largest absolute Gasteiger partial charge is 1.00 e. The van der Waals surface area contributed by atoms with Gasteiger partial charge >= 0.3 is 73.1 Å². The van der Waals surface area contributed by atoms with Gasteiger partial charge in [0.05, 0.1) is 0 Å². The maximum absolute atomic E-state index is 9.70. The third kappa shape index (κ3) is 50.6. The van der Waals surface area contributed by atoms with Crippen LogP contribution in [0, 0.1) is 0 Å². The fraction of sp³-hybridized carbons (Fsp3) is 0. The van der Waals surface area contributed by atoms with Gasteiger partial charge in [-0.05, 0) is 0 Å². The third-order valence-corrected chi connectivity index (χ3v) is 7.36. The molecule has 0 saturated carbocycles. The van der Waals surface area contributed by atoms with E-state index in [9.17, 15) is 4.80 Å².